The van der Waals surface area contributed by atoms with Crippen LogP contribution in [0.2, 0.25) is 5.02 Å². The summed E-state index contributed by atoms with van der Waals surface area (Å²) < 4.78 is 24.5. The second kappa shape index (κ2) is 6.77. The van der Waals surface area contributed by atoms with Crippen LogP contribution in [0, 0.1) is 0 Å². The first-order valence-electron chi connectivity index (χ1n) is 6.53. The Morgan fingerprint density at radius 3 is 2.43 bits per heavy atom. The van der Waals surface area contributed by atoms with Crippen molar-refractivity contribution < 1.29 is 13.2 Å². The molecule has 2 N–H and O–H groups in total. The molecule has 0 heterocycles. The summed E-state index contributed by atoms with van der Waals surface area (Å²) in [5.41, 5.74) is 0.378. The van der Waals surface area contributed by atoms with E-state index in [-0.39, 0.29) is 5.91 Å². The highest BCUT2D eigenvalue weighted by molar-refractivity contribution is 7.88. The summed E-state index contributed by atoms with van der Waals surface area (Å²) in [6.07, 6.45) is 1.57. The van der Waals surface area contributed by atoms with Gasteiger partial charge in [0, 0.05) is 10.6 Å². The van der Waals surface area contributed by atoms with Gasteiger partial charge in [0.05, 0.1) is 12.3 Å². The van der Waals surface area contributed by atoms with E-state index in [1.807, 2.05) is 32.0 Å². The molecule has 0 spiro atoms. The third-order valence-corrected chi connectivity index (χ3v) is 3.99. The van der Waals surface area contributed by atoms with Crippen molar-refractivity contribution in [1.82, 2.24) is 10.0 Å². The molecule has 0 fully saturated rings. The van der Waals surface area contributed by atoms with Crippen LogP contribution in [0.25, 0.3) is 0 Å². The van der Waals surface area contributed by atoms with Gasteiger partial charge in [-0.2, -0.15) is 0 Å². The number of carbonyl (C=O) groups excluding carboxylic acids is 1. The van der Waals surface area contributed by atoms with Crippen LogP contribution in [0.4, 0.5) is 0 Å². The number of benzene rings is 1. The van der Waals surface area contributed by atoms with E-state index in [0.717, 1.165) is 11.8 Å². The monoisotopic (exact) mass is 332 g/mol. The fourth-order valence-electron chi connectivity index (χ4n) is 1.98. The summed E-state index contributed by atoms with van der Waals surface area (Å²) >= 11 is 6.11. The quantitative estimate of drug-likeness (QED) is 0.832. The number of nitrogens with one attached hydrogen (secondary N) is 2. The fraction of sp³-hybridized carbons (Fsp3) is 0.500. The molecule has 0 aromatic heterocycles. The lowest BCUT2D eigenvalue weighted by Gasteiger charge is -2.28. The lowest BCUT2D eigenvalue weighted by molar-refractivity contribution is -0.123. The molecule has 1 atom stereocenters. The molecule has 0 saturated carbocycles. The fourth-order valence-corrected chi connectivity index (χ4v) is 2.93. The Kier molecular flexibility index (Phi) is 5.78. The van der Waals surface area contributed by atoms with Gasteiger partial charge in [-0.1, -0.05) is 29.8 Å². The van der Waals surface area contributed by atoms with Crippen molar-refractivity contribution in [2.75, 3.05) is 6.26 Å². The molecule has 1 amide bonds. The molecular weight excluding hydrogens is 312 g/mol. The maximum absolute atomic E-state index is 12.0. The number of amides is 1. The molecule has 1 unspecified atom stereocenters. The molecule has 0 saturated heterocycles. The Balaban J connectivity index is 2.72. The Morgan fingerprint density at radius 2 is 1.90 bits per heavy atom. The van der Waals surface area contributed by atoms with Crippen LogP contribution in [0.15, 0.2) is 24.3 Å². The number of carbonyl (C=O) groups is 1. The van der Waals surface area contributed by atoms with Gasteiger partial charge in [0.15, 0.2) is 0 Å². The SMILES string of the molecule is CC(NS(C)(=O)=O)C(=O)NC(C)(C)Cc1ccccc1Cl. The predicted molar refractivity (Wildman–Crippen MR) is 84.8 cm³/mol. The summed E-state index contributed by atoms with van der Waals surface area (Å²) in [4.78, 5) is 12.0. The van der Waals surface area contributed by atoms with E-state index in [2.05, 4.69) is 10.0 Å². The minimum Gasteiger partial charge on any atom is -0.350 e. The third-order valence-electron chi connectivity index (χ3n) is 2.84. The zero-order valence-corrected chi connectivity index (χ0v) is 14.2. The molecule has 118 valence electrons. The van der Waals surface area contributed by atoms with E-state index in [9.17, 15) is 13.2 Å². The molecule has 0 bridgehead atoms. The van der Waals surface area contributed by atoms with E-state index >= 15 is 0 Å². The van der Waals surface area contributed by atoms with E-state index in [1.54, 1.807) is 6.07 Å². The Morgan fingerprint density at radius 1 is 1.33 bits per heavy atom. The standard InChI is InChI=1S/C14H21ClN2O3S/c1-10(17-21(4,19)20)13(18)16-14(2,3)9-11-7-5-6-8-12(11)15/h5-8,10,17H,9H2,1-4H3,(H,16,18). The Hall–Kier alpha value is -1.11. The van der Waals surface area contributed by atoms with Gasteiger partial charge in [-0.25, -0.2) is 13.1 Å². The topological polar surface area (TPSA) is 75.3 Å². The number of sulfonamides is 1. The zero-order valence-electron chi connectivity index (χ0n) is 12.6. The smallest absolute Gasteiger partial charge is 0.238 e. The average molecular weight is 333 g/mol. The van der Waals surface area contributed by atoms with Gasteiger partial charge in [0.2, 0.25) is 15.9 Å². The van der Waals surface area contributed by atoms with E-state index in [1.165, 1.54) is 6.92 Å². The highest BCUT2D eigenvalue weighted by Gasteiger charge is 2.25. The Bertz CT molecular complexity index is 614. The summed E-state index contributed by atoms with van der Waals surface area (Å²) in [5.74, 6) is -0.377. The van der Waals surface area contributed by atoms with E-state index in [4.69, 9.17) is 11.6 Å². The first-order valence-corrected chi connectivity index (χ1v) is 8.80. The van der Waals surface area contributed by atoms with Crippen LogP contribution in [0.3, 0.4) is 0 Å². The van der Waals surface area contributed by atoms with Gasteiger partial charge in [-0.05, 0) is 38.8 Å². The largest absolute Gasteiger partial charge is 0.350 e. The minimum absolute atomic E-state index is 0.377. The van der Waals surface area contributed by atoms with Gasteiger partial charge in [0.25, 0.3) is 0 Å². The molecule has 0 radical (unpaired) electrons. The zero-order chi connectivity index (χ0) is 16.3. The molecule has 0 aliphatic heterocycles. The van der Waals surface area contributed by atoms with E-state index in [0.29, 0.717) is 11.4 Å². The van der Waals surface area contributed by atoms with Crippen LogP contribution in [-0.2, 0) is 21.2 Å². The van der Waals surface area contributed by atoms with Crippen LogP contribution in [-0.4, -0.2) is 32.2 Å². The van der Waals surface area contributed by atoms with Crippen molar-refractivity contribution in [3.05, 3.63) is 34.9 Å². The first kappa shape index (κ1) is 17.9. The van der Waals surface area contributed by atoms with Gasteiger partial charge in [0.1, 0.15) is 0 Å². The summed E-state index contributed by atoms with van der Waals surface area (Å²) in [5, 5.41) is 3.47. The molecular formula is C14H21ClN2O3S. The summed E-state index contributed by atoms with van der Waals surface area (Å²) in [7, 11) is -3.42. The number of hydrogen-bond acceptors (Lipinski definition) is 3. The third kappa shape index (κ3) is 6.46. The lowest BCUT2D eigenvalue weighted by atomic mass is 9.94. The second-order valence-corrected chi connectivity index (χ2v) is 7.94. The highest BCUT2D eigenvalue weighted by Crippen LogP contribution is 2.20. The van der Waals surface area contributed by atoms with Crippen molar-refractivity contribution in [1.29, 1.82) is 0 Å². The maximum Gasteiger partial charge on any atom is 0.238 e. The van der Waals surface area contributed by atoms with Crippen molar-refractivity contribution in [2.24, 2.45) is 0 Å². The van der Waals surface area contributed by atoms with Crippen molar-refractivity contribution >= 4 is 27.5 Å². The summed E-state index contributed by atoms with van der Waals surface area (Å²) in [6, 6.07) is 6.59. The lowest BCUT2D eigenvalue weighted by Crippen LogP contribution is -2.52. The number of halogens is 1. The van der Waals surface area contributed by atoms with Gasteiger partial charge >= 0.3 is 0 Å². The minimum atomic E-state index is -3.42. The van der Waals surface area contributed by atoms with Crippen molar-refractivity contribution in [2.45, 2.75) is 38.8 Å². The predicted octanol–water partition coefficient (Wildman–Crippen LogP) is 1.72. The molecule has 1 aromatic carbocycles. The van der Waals surface area contributed by atoms with Gasteiger partial charge in [-0.15, -0.1) is 0 Å². The van der Waals surface area contributed by atoms with Crippen LogP contribution < -0.4 is 10.0 Å². The molecule has 0 aliphatic rings. The number of rotatable bonds is 6. The normalized spacial score (nSPS) is 13.8. The number of hydrogen-bond donors (Lipinski definition) is 2. The van der Waals surface area contributed by atoms with Crippen molar-refractivity contribution in [3.8, 4) is 0 Å². The summed E-state index contributed by atoms with van der Waals surface area (Å²) in [6.45, 7) is 5.23. The van der Waals surface area contributed by atoms with Crippen LogP contribution in [0.1, 0.15) is 26.3 Å². The molecule has 7 heteroatoms. The molecule has 1 aromatic rings. The van der Waals surface area contributed by atoms with Crippen LogP contribution >= 0.6 is 11.6 Å². The Labute approximate surface area is 131 Å². The molecule has 21 heavy (non-hydrogen) atoms. The van der Waals surface area contributed by atoms with Crippen molar-refractivity contribution in [3.63, 3.8) is 0 Å². The maximum atomic E-state index is 12.0. The molecule has 1 rings (SSSR count). The van der Waals surface area contributed by atoms with Gasteiger partial charge < -0.3 is 5.32 Å². The molecule has 0 aliphatic carbocycles. The average Bonchev–Trinajstić information content (AvgIpc) is 2.29. The van der Waals surface area contributed by atoms with Gasteiger partial charge in [-0.3, -0.25) is 4.79 Å². The van der Waals surface area contributed by atoms with Crippen LogP contribution in [0.5, 0.6) is 0 Å². The highest BCUT2D eigenvalue weighted by atomic mass is 35.5. The first-order chi connectivity index (χ1) is 9.50. The second-order valence-electron chi connectivity index (χ2n) is 5.75. The molecule has 5 nitrogen and oxygen atoms in total. The van der Waals surface area contributed by atoms with E-state index < -0.39 is 21.6 Å².